The summed E-state index contributed by atoms with van der Waals surface area (Å²) < 4.78 is 0. The minimum Gasteiger partial charge on any atom is -0.508 e. The lowest BCUT2D eigenvalue weighted by Crippen LogP contribution is -2.22. The molecule has 0 bridgehead atoms. The summed E-state index contributed by atoms with van der Waals surface area (Å²) in [4.78, 5) is 10.9. The number of aromatic hydroxyl groups is 1. The highest BCUT2D eigenvalue weighted by molar-refractivity contribution is 8.93. The molecule has 1 heterocycles. The fourth-order valence-corrected chi connectivity index (χ4v) is 1.76. The van der Waals surface area contributed by atoms with E-state index in [9.17, 15) is 9.90 Å². The Kier molecular flexibility index (Phi) is 3.57. The van der Waals surface area contributed by atoms with E-state index in [1.165, 1.54) is 6.07 Å². The van der Waals surface area contributed by atoms with Crippen LogP contribution < -0.4 is 5.32 Å². The molecule has 4 nitrogen and oxygen atoms in total. The molecule has 0 radical (unpaired) electrons. The number of carboxylic acids is 1. The summed E-state index contributed by atoms with van der Waals surface area (Å²) in [6.07, 6.45) is 0.561. The van der Waals surface area contributed by atoms with E-state index in [1.807, 2.05) is 0 Å². The van der Waals surface area contributed by atoms with E-state index in [2.05, 4.69) is 5.32 Å². The van der Waals surface area contributed by atoms with Crippen LogP contribution in [-0.2, 0) is 4.79 Å². The van der Waals surface area contributed by atoms with Gasteiger partial charge in [0.25, 0.3) is 0 Å². The number of phenolic OH excluding ortho intramolecular Hbond substituents is 1. The van der Waals surface area contributed by atoms with Crippen LogP contribution in [-0.4, -0.2) is 22.7 Å². The first kappa shape index (κ1) is 11.8. The van der Waals surface area contributed by atoms with Crippen LogP contribution in [0.1, 0.15) is 17.9 Å². The second-order valence-electron chi connectivity index (χ2n) is 3.38. The zero-order chi connectivity index (χ0) is 10.1. The van der Waals surface area contributed by atoms with Crippen molar-refractivity contribution in [2.24, 2.45) is 0 Å². The lowest BCUT2D eigenvalue weighted by atomic mass is 9.91. The average molecular weight is 274 g/mol. The molecule has 82 valence electrons. The van der Waals surface area contributed by atoms with Crippen molar-refractivity contribution >= 4 is 28.6 Å². The van der Waals surface area contributed by atoms with Crippen LogP contribution in [0.4, 0.5) is 5.69 Å². The van der Waals surface area contributed by atoms with Crippen molar-refractivity contribution in [3.05, 3.63) is 23.8 Å². The number of hydrogen-bond acceptors (Lipinski definition) is 3. The fraction of sp³-hybridized carbons (Fsp3) is 0.300. The molecule has 3 N–H and O–H groups in total. The Bertz CT molecular complexity index is 381. The summed E-state index contributed by atoms with van der Waals surface area (Å²) >= 11 is 0. The smallest absolute Gasteiger partial charge is 0.311 e. The van der Waals surface area contributed by atoms with Crippen LogP contribution >= 0.6 is 17.0 Å². The van der Waals surface area contributed by atoms with Crippen molar-refractivity contribution in [1.29, 1.82) is 0 Å². The summed E-state index contributed by atoms with van der Waals surface area (Å²) in [5, 5.41) is 21.3. The molecule has 1 atom stereocenters. The number of rotatable bonds is 1. The number of phenols is 1. The number of anilines is 1. The Morgan fingerprint density at radius 2 is 2.20 bits per heavy atom. The largest absolute Gasteiger partial charge is 0.508 e. The first-order valence-corrected chi connectivity index (χ1v) is 4.48. The number of halogens is 1. The van der Waals surface area contributed by atoms with Crippen LogP contribution in [0.3, 0.4) is 0 Å². The molecule has 1 unspecified atom stereocenters. The van der Waals surface area contributed by atoms with Gasteiger partial charge in [0.2, 0.25) is 0 Å². The maximum absolute atomic E-state index is 10.9. The van der Waals surface area contributed by atoms with Gasteiger partial charge < -0.3 is 15.5 Å². The third kappa shape index (κ3) is 2.23. The quantitative estimate of drug-likeness (QED) is 0.685. The molecule has 5 heteroatoms. The molecule has 0 fully saturated rings. The maximum atomic E-state index is 10.9. The van der Waals surface area contributed by atoms with Gasteiger partial charge in [-0.2, -0.15) is 0 Å². The zero-order valence-electron chi connectivity index (χ0n) is 7.93. The first-order valence-electron chi connectivity index (χ1n) is 4.48. The predicted molar refractivity (Wildman–Crippen MR) is 61.9 cm³/mol. The number of nitrogens with one attached hydrogen (secondary N) is 1. The fourth-order valence-electron chi connectivity index (χ4n) is 1.76. The van der Waals surface area contributed by atoms with Gasteiger partial charge in [-0.05, 0) is 30.2 Å². The van der Waals surface area contributed by atoms with Gasteiger partial charge in [0, 0.05) is 12.2 Å². The first-order chi connectivity index (χ1) is 6.68. The number of aliphatic carboxylic acids is 1. The molecule has 0 spiro atoms. The Morgan fingerprint density at radius 3 is 2.87 bits per heavy atom. The van der Waals surface area contributed by atoms with Gasteiger partial charge in [-0.25, -0.2) is 0 Å². The van der Waals surface area contributed by atoms with Crippen LogP contribution in [0.2, 0.25) is 0 Å². The highest BCUT2D eigenvalue weighted by atomic mass is 79.9. The Balaban J connectivity index is 0.00000112. The minimum absolute atomic E-state index is 0. The molecule has 1 aromatic carbocycles. The van der Waals surface area contributed by atoms with E-state index in [-0.39, 0.29) is 22.7 Å². The molecule has 0 aromatic heterocycles. The number of carbonyl (C=O) groups is 1. The number of carboxylic acid groups (broad SMARTS) is 1. The second kappa shape index (κ2) is 4.53. The van der Waals surface area contributed by atoms with Gasteiger partial charge in [0.1, 0.15) is 5.75 Å². The molecule has 1 aromatic rings. The normalized spacial score (nSPS) is 18.3. The molecule has 1 aliphatic rings. The van der Waals surface area contributed by atoms with Gasteiger partial charge in [-0.1, -0.05) is 0 Å². The van der Waals surface area contributed by atoms with Crippen molar-refractivity contribution in [3.63, 3.8) is 0 Å². The van der Waals surface area contributed by atoms with Crippen molar-refractivity contribution < 1.29 is 15.0 Å². The maximum Gasteiger partial charge on any atom is 0.311 e. The number of benzene rings is 1. The number of hydrogen-bond donors (Lipinski definition) is 3. The number of fused-ring (bicyclic) bond motifs is 1. The van der Waals surface area contributed by atoms with Gasteiger partial charge in [-0.15, -0.1) is 17.0 Å². The average Bonchev–Trinajstić information content (AvgIpc) is 2.16. The van der Waals surface area contributed by atoms with Crippen LogP contribution in [0.15, 0.2) is 18.2 Å². The van der Waals surface area contributed by atoms with Crippen LogP contribution in [0.5, 0.6) is 5.75 Å². The topological polar surface area (TPSA) is 69.6 Å². The third-order valence-corrected chi connectivity index (χ3v) is 2.46. The predicted octanol–water partition coefficient (Wildman–Crippen LogP) is 1.95. The Hall–Kier alpha value is -1.23. The minimum atomic E-state index is -0.835. The van der Waals surface area contributed by atoms with Gasteiger partial charge in [0.05, 0.1) is 5.92 Å². The van der Waals surface area contributed by atoms with Gasteiger partial charge in [0.15, 0.2) is 0 Å². The molecule has 0 aliphatic carbocycles. The Morgan fingerprint density at radius 1 is 1.47 bits per heavy atom. The molecule has 0 saturated carbocycles. The SMILES string of the molecule is Br.O=C(O)C1CCNc2ccc(O)cc21. The standard InChI is InChI=1S/C10H11NO3.BrH/c12-6-1-2-9-8(5-6)7(10(13)14)3-4-11-9;/h1-2,5,7,11-12H,3-4H2,(H,13,14);1H. The van der Waals surface area contributed by atoms with E-state index in [4.69, 9.17) is 5.11 Å². The molecule has 0 saturated heterocycles. The molecule has 15 heavy (non-hydrogen) atoms. The van der Waals surface area contributed by atoms with E-state index >= 15 is 0 Å². The molecule has 1 aliphatic heterocycles. The van der Waals surface area contributed by atoms with Crippen molar-refractivity contribution in [1.82, 2.24) is 0 Å². The third-order valence-electron chi connectivity index (χ3n) is 2.46. The van der Waals surface area contributed by atoms with Crippen molar-refractivity contribution in [3.8, 4) is 5.75 Å². The van der Waals surface area contributed by atoms with Gasteiger partial charge >= 0.3 is 5.97 Å². The van der Waals surface area contributed by atoms with Gasteiger partial charge in [-0.3, -0.25) is 4.79 Å². The Labute approximate surface area is 97.7 Å². The summed E-state index contributed by atoms with van der Waals surface area (Å²) in [6.45, 7) is 0.661. The molecule has 2 rings (SSSR count). The lowest BCUT2D eigenvalue weighted by molar-refractivity contribution is -0.138. The summed E-state index contributed by atoms with van der Waals surface area (Å²) in [5.41, 5.74) is 1.48. The summed E-state index contributed by atoms with van der Waals surface area (Å²) in [7, 11) is 0. The highest BCUT2D eigenvalue weighted by Gasteiger charge is 2.26. The van der Waals surface area contributed by atoms with E-state index in [0.29, 0.717) is 18.5 Å². The van der Waals surface area contributed by atoms with E-state index < -0.39 is 11.9 Å². The lowest BCUT2D eigenvalue weighted by Gasteiger charge is -2.23. The van der Waals surface area contributed by atoms with E-state index in [0.717, 1.165) is 5.69 Å². The molecule has 0 amide bonds. The van der Waals surface area contributed by atoms with Crippen LogP contribution in [0.25, 0.3) is 0 Å². The highest BCUT2D eigenvalue weighted by Crippen LogP contribution is 2.33. The van der Waals surface area contributed by atoms with Crippen molar-refractivity contribution in [2.75, 3.05) is 11.9 Å². The molecular weight excluding hydrogens is 262 g/mol. The molecular formula is C10H12BrNO3. The monoisotopic (exact) mass is 273 g/mol. The van der Waals surface area contributed by atoms with Crippen molar-refractivity contribution in [2.45, 2.75) is 12.3 Å². The summed E-state index contributed by atoms with van der Waals surface area (Å²) in [6, 6.07) is 4.77. The van der Waals surface area contributed by atoms with Crippen LogP contribution in [0, 0.1) is 0 Å². The summed E-state index contributed by atoms with van der Waals surface area (Å²) in [5.74, 6) is -1.23. The second-order valence-corrected chi connectivity index (χ2v) is 3.38. The van der Waals surface area contributed by atoms with E-state index in [1.54, 1.807) is 12.1 Å². The zero-order valence-corrected chi connectivity index (χ0v) is 9.65.